The number of sulfonamides is 1. The van der Waals surface area contributed by atoms with Crippen molar-refractivity contribution in [3.63, 3.8) is 0 Å². The predicted molar refractivity (Wildman–Crippen MR) is 106 cm³/mol. The quantitative estimate of drug-likeness (QED) is 0.506. The highest BCUT2D eigenvalue weighted by Crippen LogP contribution is 2.16. The van der Waals surface area contributed by atoms with Gasteiger partial charge in [0.2, 0.25) is 15.8 Å². The molecule has 28 heavy (non-hydrogen) atoms. The minimum atomic E-state index is -3.40. The van der Waals surface area contributed by atoms with E-state index in [0.717, 1.165) is 11.6 Å². The SMILES string of the molecule is C[C@@H](OC(=O)c1ccc2ccccc2n1)C(=O)c1ccc(NS(C)(=O)=O)cc1. The maximum Gasteiger partial charge on any atom is 0.357 e. The maximum atomic E-state index is 12.5. The third-order valence-electron chi connectivity index (χ3n) is 3.93. The fourth-order valence-electron chi connectivity index (χ4n) is 2.61. The number of nitrogens with one attached hydrogen (secondary N) is 1. The fraction of sp³-hybridized carbons (Fsp3) is 0.150. The van der Waals surface area contributed by atoms with Gasteiger partial charge in [0.15, 0.2) is 6.10 Å². The second-order valence-corrected chi connectivity index (χ2v) is 8.00. The van der Waals surface area contributed by atoms with Gasteiger partial charge in [0.05, 0.1) is 11.8 Å². The summed E-state index contributed by atoms with van der Waals surface area (Å²) < 4.78 is 30.0. The van der Waals surface area contributed by atoms with Crippen molar-refractivity contribution in [2.75, 3.05) is 11.0 Å². The smallest absolute Gasteiger partial charge is 0.357 e. The summed E-state index contributed by atoms with van der Waals surface area (Å²) in [5, 5.41) is 0.894. The summed E-state index contributed by atoms with van der Waals surface area (Å²) in [6.45, 7) is 1.48. The number of hydrogen-bond donors (Lipinski definition) is 1. The van der Waals surface area contributed by atoms with Crippen LogP contribution >= 0.6 is 0 Å². The van der Waals surface area contributed by atoms with Crippen LogP contribution < -0.4 is 4.72 Å². The normalized spacial score (nSPS) is 12.4. The van der Waals surface area contributed by atoms with Crippen molar-refractivity contribution in [1.82, 2.24) is 4.98 Å². The summed E-state index contributed by atoms with van der Waals surface area (Å²) in [4.78, 5) is 29.1. The molecule has 1 heterocycles. The molecule has 0 amide bonds. The molecule has 7 nitrogen and oxygen atoms in total. The first-order valence-electron chi connectivity index (χ1n) is 8.42. The zero-order chi connectivity index (χ0) is 20.3. The van der Waals surface area contributed by atoms with Gasteiger partial charge in [-0.2, -0.15) is 0 Å². The number of Topliss-reactive ketones (excluding diaryl/α,β-unsaturated/α-hetero) is 1. The van der Waals surface area contributed by atoms with Crippen LogP contribution in [0, 0.1) is 0 Å². The molecule has 0 fully saturated rings. The van der Waals surface area contributed by atoms with Crippen LogP contribution in [0.1, 0.15) is 27.8 Å². The molecule has 0 aliphatic heterocycles. The number of carbonyl (C=O) groups is 2. The van der Waals surface area contributed by atoms with Crippen molar-refractivity contribution in [3.8, 4) is 0 Å². The number of para-hydroxylation sites is 1. The number of benzene rings is 2. The van der Waals surface area contributed by atoms with E-state index in [1.807, 2.05) is 18.2 Å². The van der Waals surface area contributed by atoms with Gasteiger partial charge in [-0.05, 0) is 43.3 Å². The average molecular weight is 398 g/mol. The average Bonchev–Trinajstić information content (AvgIpc) is 2.66. The number of anilines is 1. The molecular weight excluding hydrogens is 380 g/mol. The summed E-state index contributed by atoms with van der Waals surface area (Å²) >= 11 is 0. The topological polar surface area (TPSA) is 102 Å². The minimum Gasteiger partial charge on any atom is -0.450 e. The zero-order valence-electron chi connectivity index (χ0n) is 15.2. The molecule has 1 N–H and O–H groups in total. The molecule has 0 bridgehead atoms. The molecule has 3 rings (SSSR count). The number of fused-ring (bicyclic) bond motifs is 1. The highest BCUT2D eigenvalue weighted by atomic mass is 32.2. The standard InChI is InChI=1S/C20H18N2O5S/c1-13(19(23)15-7-10-16(11-8-15)22-28(2,25)26)27-20(24)18-12-9-14-5-3-4-6-17(14)21-18/h3-13,22H,1-2H3/t13-/m1/s1. The molecule has 0 aliphatic rings. The van der Waals surface area contributed by atoms with Crippen LogP contribution in [0.2, 0.25) is 0 Å². The highest BCUT2D eigenvalue weighted by Gasteiger charge is 2.21. The lowest BCUT2D eigenvalue weighted by atomic mass is 10.1. The number of pyridine rings is 1. The van der Waals surface area contributed by atoms with Crippen LogP contribution in [-0.4, -0.2) is 37.5 Å². The first kappa shape index (κ1) is 19.5. The Hall–Kier alpha value is -3.26. The van der Waals surface area contributed by atoms with E-state index in [2.05, 4.69) is 9.71 Å². The van der Waals surface area contributed by atoms with Gasteiger partial charge in [-0.25, -0.2) is 18.2 Å². The van der Waals surface area contributed by atoms with Crippen LogP contribution in [0.3, 0.4) is 0 Å². The monoisotopic (exact) mass is 398 g/mol. The van der Waals surface area contributed by atoms with Crippen LogP contribution in [0.5, 0.6) is 0 Å². The van der Waals surface area contributed by atoms with Gasteiger partial charge in [0.1, 0.15) is 5.69 Å². The number of aromatic nitrogens is 1. The van der Waals surface area contributed by atoms with E-state index >= 15 is 0 Å². The molecular formula is C20H18N2O5S. The molecule has 144 valence electrons. The maximum absolute atomic E-state index is 12.5. The molecule has 0 unspecified atom stereocenters. The Morgan fingerprint density at radius 1 is 1.00 bits per heavy atom. The Kier molecular flexibility index (Phi) is 5.41. The van der Waals surface area contributed by atoms with E-state index in [-0.39, 0.29) is 5.69 Å². The molecule has 0 aliphatic carbocycles. The van der Waals surface area contributed by atoms with E-state index in [1.54, 1.807) is 18.2 Å². The number of ether oxygens (including phenoxy) is 1. The van der Waals surface area contributed by atoms with Crippen molar-refractivity contribution >= 4 is 38.4 Å². The summed E-state index contributed by atoms with van der Waals surface area (Å²) in [6, 6.07) is 16.5. The van der Waals surface area contributed by atoms with Gasteiger partial charge in [0, 0.05) is 16.6 Å². The van der Waals surface area contributed by atoms with Crippen LogP contribution in [0.4, 0.5) is 5.69 Å². The Morgan fingerprint density at radius 3 is 2.36 bits per heavy atom. The van der Waals surface area contributed by atoms with Crippen molar-refractivity contribution < 1.29 is 22.7 Å². The van der Waals surface area contributed by atoms with Gasteiger partial charge in [-0.1, -0.05) is 24.3 Å². The van der Waals surface area contributed by atoms with Crippen molar-refractivity contribution in [2.45, 2.75) is 13.0 Å². The Balaban J connectivity index is 1.69. The number of ketones is 1. The summed E-state index contributed by atoms with van der Waals surface area (Å²) in [5.74, 6) is -1.10. The number of esters is 1. The highest BCUT2D eigenvalue weighted by molar-refractivity contribution is 7.92. The summed E-state index contributed by atoms with van der Waals surface area (Å²) in [7, 11) is -3.40. The Bertz CT molecular complexity index is 1140. The lowest BCUT2D eigenvalue weighted by Gasteiger charge is -2.13. The lowest BCUT2D eigenvalue weighted by Crippen LogP contribution is -2.25. The third kappa shape index (κ3) is 4.72. The van der Waals surface area contributed by atoms with Gasteiger partial charge < -0.3 is 4.74 Å². The summed E-state index contributed by atoms with van der Waals surface area (Å²) in [6.07, 6.45) is 0.0171. The molecule has 0 saturated heterocycles. The Labute approximate surface area is 162 Å². The van der Waals surface area contributed by atoms with Crippen molar-refractivity contribution in [3.05, 3.63) is 71.9 Å². The number of rotatable bonds is 6. The number of carbonyl (C=O) groups excluding carboxylic acids is 2. The van der Waals surface area contributed by atoms with Gasteiger partial charge >= 0.3 is 5.97 Å². The molecule has 1 aromatic heterocycles. The lowest BCUT2D eigenvalue weighted by molar-refractivity contribution is 0.0313. The van der Waals surface area contributed by atoms with E-state index in [0.29, 0.717) is 16.8 Å². The van der Waals surface area contributed by atoms with Crippen LogP contribution in [0.15, 0.2) is 60.7 Å². The Morgan fingerprint density at radius 2 is 1.68 bits per heavy atom. The molecule has 0 saturated carbocycles. The van der Waals surface area contributed by atoms with Crippen molar-refractivity contribution in [1.29, 1.82) is 0 Å². The second kappa shape index (κ2) is 7.77. The largest absolute Gasteiger partial charge is 0.450 e. The predicted octanol–water partition coefficient (Wildman–Crippen LogP) is 3.03. The molecule has 2 aromatic carbocycles. The fourth-order valence-corrected chi connectivity index (χ4v) is 3.17. The third-order valence-corrected chi connectivity index (χ3v) is 4.54. The van der Waals surface area contributed by atoms with Gasteiger partial charge in [0.25, 0.3) is 0 Å². The molecule has 8 heteroatoms. The molecule has 0 radical (unpaired) electrons. The zero-order valence-corrected chi connectivity index (χ0v) is 16.1. The van der Waals surface area contributed by atoms with Crippen molar-refractivity contribution in [2.24, 2.45) is 0 Å². The molecule has 3 aromatic rings. The molecule has 0 spiro atoms. The number of nitrogens with zero attached hydrogens (tertiary/aromatic N) is 1. The second-order valence-electron chi connectivity index (χ2n) is 6.25. The number of hydrogen-bond acceptors (Lipinski definition) is 6. The van der Waals surface area contributed by atoms with E-state index in [9.17, 15) is 18.0 Å². The molecule has 1 atom stereocenters. The minimum absolute atomic E-state index is 0.117. The van der Waals surface area contributed by atoms with E-state index < -0.39 is 27.9 Å². The van der Waals surface area contributed by atoms with E-state index in [1.165, 1.54) is 31.2 Å². The van der Waals surface area contributed by atoms with Gasteiger partial charge in [-0.15, -0.1) is 0 Å². The van der Waals surface area contributed by atoms with Crippen LogP contribution in [0.25, 0.3) is 10.9 Å². The van der Waals surface area contributed by atoms with E-state index in [4.69, 9.17) is 4.74 Å². The first-order chi connectivity index (χ1) is 13.2. The van der Waals surface area contributed by atoms with Gasteiger partial charge in [-0.3, -0.25) is 9.52 Å². The first-order valence-corrected chi connectivity index (χ1v) is 10.3. The van der Waals surface area contributed by atoms with Crippen LogP contribution in [-0.2, 0) is 14.8 Å². The summed E-state index contributed by atoms with van der Waals surface area (Å²) in [5.41, 5.74) is 1.41.